The zero-order chi connectivity index (χ0) is 11.5. The van der Waals surface area contributed by atoms with E-state index in [0.717, 1.165) is 11.1 Å². The molecule has 0 bridgehead atoms. The Bertz CT molecular complexity index is 529. The fourth-order valence-corrected chi connectivity index (χ4v) is 1.79. The van der Waals surface area contributed by atoms with Crippen molar-refractivity contribution in [3.8, 4) is 6.07 Å². The summed E-state index contributed by atoms with van der Waals surface area (Å²) in [6, 6.07) is 7.42. The van der Waals surface area contributed by atoms with Gasteiger partial charge in [-0.2, -0.15) is 5.26 Å². The fraction of sp³-hybridized carbons (Fsp3) is 0.0833. The Morgan fingerprint density at radius 2 is 2.24 bits per heavy atom. The maximum atomic E-state index is 9.00. The van der Waals surface area contributed by atoms with E-state index < -0.39 is 5.38 Å². The van der Waals surface area contributed by atoms with E-state index in [-0.39, 0.29) is 12.4 Å². The van der Waals surface area contributed by atoms with Gasteiger partial charge in [0.05, 0.1) is 11.6 Å². The Balaban J connectivity index is 0.00000144. The van der Waals surface area contributed by atoms with Crippen molar-refractivity contribution in [3.63, 3.8) is 0 Å². The van der Waals surface area contributed by atoms with Gasteiger partial charge in [-0.15, -0.1) is 24.0 Å². The molecule has 0 aliphatic carbocycles. The topological polar surface area (TPSA) is 52.5 Å². The van der Waals surface area contributed by atoms with Crippen molar-refractivity contribution in [1.82, 2.24) is 9.97 Å². The monoisotopic (exact) mass is 266 g/mol. The Morgan fingerprint density at radius 1 is 1.47 bits per heavy atom. The molecule has 2 rings (SSSR count). The van der Waals surface area contributed by atoms with Crippen LogP contribution in [0.5, 0.6) is 0 Å². The summed E-state index contributed by atoms with van der Waals surface area (Å²) in [6.07, 6.45) is 3.33. The van der Waals surface area contributed by atoms with Crippen molar-refractivity contribution >= 4 is 24.0 Å². The highest BCUT2D eigenvalue weighted by Gasteiger charge is 2.16. The summed E-state index contributed by atoms with van der Waals surface area (Å²) in [7, 11) is 0. The Labute approximate surface area is 111 Å². The van der Waals surface area contributed by atoms with Gasteiger partial charge in [0.15, 0.2) is 0 Å². The number of nitriles is 1. The maximum absolute atomic E-state index is 9.00. The molecular weight excluding hydrogens is 257 g/mol. The number of nitrogens with one attached hydrogen (secondary N) is 1. The first-order valence-electron chi connectivity index (χ1n) is 4.71. The van der Waals surface area contributed by atoms with E-state index in [4.69, 9.17) is 16.9 Å². The zero-order valence-corrected chi connectivity index (χ0v) is 10.4. The van der Waals surface area contributed by atoms with Gasteiger partial charge in [0.2, 0.25) is 0 Å². The zero-order valence-electron chi connectivity index (χ0n) is 8.85. The first-order valence-corrected chi connectivity index (χ1v) is 5.15. The molecule has 0 saturated heterocycles. The molecule has 2 aromatic rings. The number of aromatic nitrogens is 2. The number of imidazole rings is 1. The Kier molecular flexibility index (Phi) is 4.56. The third-order valence-corrected chi connectivity index (χ3v) is 2.71. The average molecular weight is 267 g/mol. The molecule has 1 aromatic carbocycles. The minimum atomic E-state index is -0.452. The molecule has 1 unspecified atom stereocenters. The number of benzene rings is 1. The van der Waals surface area contributed by atoms with Crippen LogP contribution in [0.3, 0.4) is 0 Å². The molecule has 1 atom stereocenters. The maximum Gasteiger partial charge on any atom is 0.128 e. The minimum Gasteiger partial charge on any atom is -0.347 e. The number of alkyl halides is 1. The molecule has 17 heavy (non-hydrogen) atoms. The van der Waals surface area contributed by atoms with Crippen molar-refractivity contribution in [1.29, 1.82) is 5.26 Å². The van der Waals surface area contributed by atoms with Crippen molar-refractivity contribution in [2.75, 3.05) is 0 Å². The van der Waals surface area contributed by atoms with Gasteiger partial charge in [-0.05, 0) is 24.1 Å². The fourth-order valence-electron chi connectivity index (χ4n) is 1.49. The molecule has 3 nitrogen and oxygen atoms in total. The van der Waals surface area contributed by atoms with Crippen LogP contribution < -0.4 is 0 Å². The molecule has 1 radical (unpaired) electrons. The van der Waals surface area contributed by atoms with Gasteiger partial charge in [-0.3, -0.25) is 0 Å². The SMILES string of the molecule is Cl.[CH2]c1ccc(C#N)c(C(Cl)c2ncc[nH]2)c1. The van der Waals surface area contributed by atoms with Crippen LogP contribution in [-0.2, 0) is 0 Å². The van der Waals surface area contributed by atoms with Crippen molar-refractivity contribution in [2.45, 2.75) is 5.38 Å². The minimum absolute atomic E-state index is 0. The quantitative estimate of drug-likeness (QED) is 0.849. The predicted octanol–water partition coefficient (Wildman–Crippen LogP) is 3.21. The molecule has 0 fully saturated rings. The second-order valence-corrected chi connectivity index (χ2v) is 3.81. The van der Waals surface area contributed by atoms with Crippen molar-refractivity contribution < 1.29 is 0 Å². The van der Waals surface area contributed by atoms with E-state index in [0.29, 0.717) is 11.4 Å². The number of hydrogen-bond acceptors (Lipinski definition) is 2. The smallest absolute Gasteiger partial charge is 0.128 e. The van der Waals surface area contributed by atoms with Gasteiger partial charge in [-0.1, -0.05) is 12.1 Å². The predicted molar refractivity (Wildman–Crippen MR) is 69.1 cm³/mol. The highest BCUT2D eigenvalue weighted by atomic mass is 35.5. The molecule has 0 spiro atoms. The van der Waals surface area contributed by atoms with E-state index in [2.05, 4.69) is 23.0 Å². The molecule has 1 heterocycles. The van der Waals surface area contributed by atoms with Gasteiger partial charge in [0, 0.05) is 12.4 Å². The van der Waals surface area contributed by atoms with Crippen molar-refractivity contribution in [2.24, 2.45) is 0 Å². The summed E-state index contributed by atoms with van der Waals surface area (Å²) in [5.41, 5.74) is 2.10. The van der Waals surface area contributed by atoms with Crippen LogP contribution >= 0.6 is 24.0 Å². The van der Waals surface area contributed by atoms with Crippen LogP contribution in [0.4, 0.5) is 0 Å². The van der Waals surface area contributed by atoms with Crippen LogP contribution in [0.2, 0.25) is 0 Å². The third kappa shape index (κ3) is 2.79. The van der Waals surface area contributed by atoms with Crippen LogP contribution in [0.25, 0.3) is 0 Å². The van der Waals surface area contributed by atoms with Gasteiger partial charge in [0.25, 0.3) is 0 Å². The summed E-state index contributed by atoms with van der Waals surface area (Å²) in [5, 5.41) is 8.54. The van der Waals surface area contributed by atoms with Crippen LogP contribution in [0, 0.1) is 18.3 Å². The number of rotatable bonds is 2. The Morgan fingerprint density at radius 3 is 2.82 bits per heavy atom. The lowest BCUT2D eigenvalue weighted by Gasteiger charge is -2.09. The second kappa shape index (κ2) is 5.72. The van der Waals surface area contributed by atoms with Crippen LogP contribution in [-0.4, -0.2) is 9.97 Å². The van der Waals surface area contributed by atoms with Crippen molar-refractivity contribution in [3.05, 3.63) is 60.0 Å². The summed E-state index contributed by atoms with van der Waals surface area (Å²) in [6.45, 7) is 3.82. The average Bonchev–Trinajstić information content (AvgIpc) is 2.81. The number of hydrogen-bond donors (Lipinski definition) is 1. The van der Waals surface area contributed by atoms with Gasteiger partial charge in [0.1, 0.15) is 11.2 Å². The lowest BCUT2D eigenvalue weighted by molar-refractivity contribution is 0.987. The summed E-state index contributed by atoms with van der Waals surface area (Å²) in [4.78, 5) is 7.01. The molecule has 1 aromatic heterocycles. The highest BCUT2D eigenvalue weighted by molar-refractivity contribution is 6.22. The number of aromatic amines is 1. The van der Waals surface area contributed by atoms with Gasteiger partial charge >= 0.3 is 0 Å². The molecule has 5 heteroatoms. The van der Waals surface area contributed by atoms with E-state index >= 15 is 0 Å². The molecule has 0 aliphatic heterocycles. The largest absolute Gasteiger partial charge is 0.347 e. The summed E-state index contributed by atoms with van der Waals surface area (Å²) >= 11 is 6.26. The summed E-state index contributed by atoms with van der Waals surface area (Å²) in [5.74, 6) is 0.628. The van der Waals surface area contributed by atoms with Gasteiger partial charge in [-0.25, -0.2) is 4.98 Å². The first kappa shape index (κ1) is 13.6. The van der Waals surface area contributed by atoms with E-state index in [9.17, 15) is 0 Å². The van der Waals surface area contributed by atoms with E-state index in [1.807, 2.05) is 0 Å². The summed E-state index contributed by atoms with van der Waals surface area (Å²) < 4.78 is 0. The third-order valence-electron chi connectivity index (χ3n) is 2.27. The molecule has 0 aliphatic rings. The lowest BCUT2D eigenvalue weighted by Crippen LogP contribution is -1.99. The lowest BCUT2D eigenvalue weighted by atomic mass is 10.0. The normalized spacial score (nSPS) is 11.4. The van der Waals surface area contributed by atoms with Crippen LogP contribution in [0.1, 0.15) is 27.9 Å². The number of nitrogens with zero attached hydrogens (tertiary/aromatic N) is 2. The molecule has 0 saturated carbocycles. The molecular formula is C12H10Cl2N3. The number of halogens is 2. The first-order chi connectivity index (χ1) is 7.72. The molecule has 1 N–H and O–H groups in total. The van der Waals surface area contributed by atoms with Gasteiger partial charge < -0.3 is 4.98 Å². The molecule has 0 amide bonds. The van der Waals surface area contributed by atoms with Crippen LogP contribution in [0.15, 0.2) is 30.6 Å². The standard InChI is InChI=1S/C12H9ClN3.ClH/c1-8-2-3-9(7-14)10(6-8)11(13)12-15-4-5-16-12;/h2-6,11H,1H2,(H,15,16);1H. The van der Waals surface area contributed by atoms with E-state index in [1.54, 1.807) is 30.6 Å². The Hall–Kier alpha value is -1.50. The highest BCUT2D eigenvalue weighted by Crippen LogP contribution is 2.29. The van der Waals surface area contributed by atoms with E-state index in [1.165, 1.54) is 0 Å². The molecule has 87 valence electrons. The second-order valence-electron chi connectivity index (χ2n) is 3.37. The number of H-pyrrole nitrogens is 1.